The first kappa shape index (κ1) is 8.08. The van der Waals surface area contributed by atoms with Crippen LogP contribution in [-0.4, -0.2) is 9.78 Å². The molecule has 0 saturated heterocycles. The van der Waals surface area contributed by atoms with Gasteiger partial charge in [0, 0.05) is 16.9 Å². The molecule has 4 heteroatoms. The van der Waals surface area contributed by atoms with E-state index in [-0.39, 0.29) is 0 Å². The zero-order chi connectivity index (χ0) is 8.72. The maximum Gasteiger partial charge on any atom is 0.134 e. The Bertz CT molecular complexity index is 436. The first-order chi connectivity index (χ1) is 5.68. The summed E-state index contributed by atoms with van der Waals surface area (Å²) in [6, 6.07) is 5.85. The van der Waals surface area contributed by atoms with E-state index in [0.29, 0.717) is 5.15 Å². The van der Waals surface area contributed by atoms with Gasteiger partial charge < -0.3 is 0 Å². The predicted molar refractivity (Wildman–Crippen MR) is 53.4 cm³/mol. The van der Waals surface area contributed by atoms with E-state index < -0.39 is 0 Å². The highest BCUT2D eigenvalue weighted by Gasteiger charge is 2.05. The molecule has 0 aliphatic rings. The van der Waals surface area contributed by atoms with Crippen LogP contribution in [0.5, 0.6) is 0 Å². The molecule has 0 fully saturated rings. The lowest BCUT2D eigenvalue weighted by Gasteiger charge is -1.89. The van der Waals surface area contributed by atoms with Gasteiger partial charge in [0.15, 0.2) is 0 Å². The van der Waals surface area contributed by atoms with Gasteiger partial charge in [-0.2, -0.15) is 5.10 Å². The van der Waals surface area contributed by atoms with Crippen LogP contribution in [-0.2, 0) is 7.05 Å². The van der Waals surface area contributed by atoms with Crippen LogP contribution in [0.1, 0.15) is 0 Å². The van der Waals surface area contributed by atoms with Crippen molar-refractivity contribution in [2.24, 2.45) is 7.05 Å². The summed E-state index contributed by atoms with van der Waals surface area (Å²) >= 11 is 9.37. The van der Waals surface area contributed by atoms with Crippen LogP contribution in [0.3, 0.4) is 0 Å². The monoisotopic (exact) mass is 244 g/mol. The third kappa shape index (κ3) is 1.13. The molecule has 0 radical (unpaired) electrons. The van der Waals surface area contributed by atoms with Crippen LogP contribution in [0.15, 0.2) is 22.7 Å². The Kier molecular flexibility index (Phi) is 1.85. The molecule has 0 spiro atoms. The number of halogens is 2. The molecule has 0 amide bonds. The average molecular weight is 246 g/mol. The normalized spacial score (nSPS) is 10.9. The van der Waals surface area contributed by atoms with E-state index in [1.54, 1.807) is 4.68 Å². The minimum Gasteiger partial charge on any atom is -0.256 e. The maximum atomic E-state index is 5.99. The molecule has 1 heterocycles. The number of aromatic nitrogens is 2. The fourth-order valence-electron chi connectivity index (χ4n) is 1.14. The minimum atomic E-state index is 0.673. The van der Waals surface area contributed by atoms with Crippen molar-refractivity contribution in [3.8, 4) is 0 Å². The lowest BCUT2D eigenvalue weighted by Crippen LogP contribution is -1.87. The Labute approximate surface area is 83.3 Å². The lowest BCUT2D eigenvalue weighted by molar-refractivity contribution is 0.780. The second kappa shape index (κ2) is 2.75. The van der Waals surface area contributed by atoms with Gasteiger partial charge in [-0.25, -0.2) is 0 Å². The average Bonchev–Trinajstić information content (AvgIpc) is 2.31. The fourth-order valence-corrected chi connectivity index (χ4v) is 1.69. The molecule has 1 aromatic carbocycles. The zero-order valence-corrected chi connectivity index (χ0v) is 8.72. The number of fused-ring (bicyclic) bond motifs is 1. The lowest BCUT2D eigenvalue weighted by atomic mass is 10.3. The summed E-state index contributed by atoms with van der Waals surface area (Å²) in [6.45, 7) is 0. The van der Waals surface area contributed by atoms with E-state index >= 15 is 0 Å². The number of hydrogen-bond donors (Lipinski definition) is 0. The van der Waals surface area contributed by atoms with Crippen LogP contribution < -0.4 is 0 Å². The summed E-state index contributed by atoms with van der Waals surface area (Å²) in [6.07, 6.45) is 0. The highest BCUT2D eigenvalue weighted by Crippen LogP contribution is 2.25. The molecule has 0 atom stereocenters. The zero-order valence-electron chi connectivity index (χ0n) is 6.38. The third-order valence-electron chi connectivity index (χ3n) is 1.72. The SMILES string of the molecule is Cn1nc2ccc(Br)cc2c1Cl. The van der Waals surface area contributed by atoms with Gasteiger partial charge in [0.25, 0.3) is 0 Å². The van der Waals surface area contributed by atoms with E-state index in [1.807, 2.05) is 25.2 Å². The van der Waals surface area contributed by atoms with Gasteiger partial charge in [-0.15, -0.1) is 0 Å². The largest absolute Gasteiger partial charge is 0.256 e. The standard InChI is InChI=1S/C8H6BrClN2/c1-12-8(10)6-4-5(9)2-3-7(6)11-12/h2-4H,1H3. The summed E-state index contributed by atoms with van der Waals surface area (Å²) < 4.78 is 2.68. The second-order valence-corrected chi connectivity index (χ2v) is 3.85. The summed E-state index contributed by atoms with van der Waals surface area (Å²) in [5, 5.41) is 5.87. The Morgan fingerprint density at radius 2 is 2.25 bits per heavy atom. The number of nitrogens with zero attached hydrogens (tertiary/aromatic N) is 2. The van der Waals surface area contributed by atoms with Crippen LogP contribution >= 0.6 is 27.5 Å². The molecule has 2 nitrogen and oxygen atoms in total. The van der Waals surface area contributed by atoms with Crippen molar-refractivity contribution in [3.63, 3.8) is 0 Å². The minimum absolute atomic E-state index is 0.673. The van der Waals surface area contributed by atoms with Gasteiger partial charge >= 0.3 is 0 Å². The highest BCUT2D eigenvalue weighted by atomic mass is 79.9. The van der Waals surface area contributed by atoms with Crippen molar-refractivity contribution in [2.75, 3.05) is 0 Å². The smallest absolute Gasteiger partial charge is 0.134 e. The first-order valence-electron chi connectivity index (χ1n) is 3.46. The van der Waals surface area contributed by atoms with Gasteiger partial charge in [0.2, 0.25) is 0 Å². The maximum absolute atomic E-state index is 5.99. The number of benzene rings is 1. The van der Waals surface area contributed by atoms with E-state index in [4.69, 9.17) is 11.6 Å². The fraction of sp³-hybridized carbons (Fsp3) is 0.125. The topological polar surface area (TPSA) is 17.8 Å². The van der Waals surface area contributed by atoms with Crippen LogP contribution in [0.4, 0.5) is 0 Å². The molecule has 0 aliphatic heterocycles. The van der Waals surface area contributed by atoms with E-state index in [2.05, 4.69) is 21.0 Å². The van der Waals surface area contributed by atoms with E-state index in [9.17, 15) is 0 Å². The van der Waals surface area contributed by atoms with Crippen LogP contribution in [0.25, 0.3) is 10.9 Å². The van der Waals surface area contributed by atoms with E-state index in [0.717, 1.165) is 15.4 Å². The van der Waals surface area contributed by atoms with Crippen molar-refractivity contribution in [1.29, 1.82) is 0 Å². The molecule has 2 aromatic rings. The van der Waals surface area contributed by atoms with Crippen LogP contribution in [0.2, 0.25) is 5.15 Å². The summed E-state index contributed by atoms with van der Waals surface area (Å²) in [5.41, 5.74) is 0.922. The van der Waals surface area contributed by atoms with Crippen molar-refractivity contribution < 1.29 is 0 Å². The van der Waals surface area contributed by atoms with Crippen LogP contribution in [0, 0.1) is 0 Å². The molecular formula is C8H6BrClN2. The van der Waals surface area contributed by atoms with Crippen molar-refractivity contribution in [2.45, 2.75) is 0 Å². The van der Waals surface area contributed by atoms with Crippen molar-refractivity contribution in [3.05, 3.63) is 27.8 Å². The van der Waals surface area contributed by atoms with Gasteiger partial charge in [-0.3, -0.25) is 4.68 Å². The number of aryl methyl sites for hydroxylation is 1. The molecule has 12 heavy (non-hydrogen) atoms. The van der Waals surface area contributed by atoms with Gasteiger partial charge in [-0.05, 0) is 18.2 Å². The molecule has 1 aromatic heterocycles. The van der Waals surface area contributed by atoms with Crippen molar-refractivity contribution >= 4 is 38.4 Å². The molecule has 0 unspecified atom stereocenters. The molecular weight excluding hydrogens is 239 g/mol. The second-order valence-electron chi connectivity index (χ2n) is 2.58. The molecule has 0 N–H and O–H groups in total. The Morgan fingerprint density at radius 3 is 3.00 bits per heavy atom. The van der Waals surface area contributed by atoms with Gasteiger partial charge in [0.05, 0.1) is 5.52 Å². The third-order valence-corrected chi connectivity index (χ3v) is 2.66. The number of hydrogen-bond acceptors (Lipinski definition) is 1. The molecule has 0 aliphatic carbocycles. The molecule has 62 valence electrons. The van der Waals surface area contributed by atoms with Gasteiger partial charge in [0.1, 0.15) is 5.15 Å². The molecule has 0 bridgehead atoms. The first-order valence-corrected chi connectivity index (χ1v) is 4.63. The summed E-state index contributed by atoms with van der Waals surface area (Å²) in [7, 11) is 1.83. The quantitative estimate of drug-likeness (QED) is 0.698. The number of rotatable bonds is 0. The Morgan fingerprint density at radius 1 is 1.50 bits per heavy atom. The highest BCUT2D eigenvalue weighted by molar-refractivity contribution is 9.10. The molecule has 2 rings (SSSR count). The van der Waals surface area contributed by atoms with E-state index in [1.165, 1.54) is 0 Å². The summed E-state index contributed by atoms with van der Waals surface area (Å²) in [5.74, 6) is 0. The Hall–Kier alpha value is -0.540. The Balaban J connectivity index is 2.88. The summed E-state index contributed by atoms with van der Waals surface area (Å²) in [4.78, 5) is 0. The van der Waals surface area contributed by atoms with Crippen molar-refractivity contribution in [1.82, 2.24) is 9.78 Å². The predicted octanol–water partition coefficient (Wildman–Crippen LogP) is 2.99. The molecule has 0 saturated carbocycles. The van der Waals surface area contributed by atoms with Gasteiger partial charge in [-0.1, -0.05) is 27.5 Å².